The van der Waals surface area contributed by atoms with Crippen LogP contribution in [0.4, 0.5) is 0 Å². The molecule has 116 valence electrons. The summed E-state index contributed by atoms with van der Waals surface area (Å²) < 4.78 is 5.20. The fraction of sp³-hybridized carbons (Fsp3) is 0.400. The first-order valence-corrected chi connectivity index (χ1v) is 7.22. The van der Waals surface area contributed by atoms with Crippen LogP contribution in [0, 0.1) is 6.92 Å². The van der Waals surface area contributed by atoms with E-state index in [1.165, 1.54) is 0 Å². The van der Waals surface area contributed by atoms with Gasteiger partial charge in [0.25, 0.3) is 5.91 Å². The van der Waals surface area contributed by atoms with Gasteiger partial charge >= 0.3 is 0 Å². The Hall–Kier alpha value is -2.41. The van der Waals surface area contributed by atoms with E-state index in [1.54, 1.807) is 17.2 Å². The number of aromatic amines is 1. The quantitative estimate of drug-likeness (QED) is 0.862. The Morgan fingerprint density at radius 2 is 2.14 bits per heavy atom. The van der Waals surface area contributed by atoms with E-state index < -0.39 is 0 Å². The highest BCUT2D eigenvalue weighted by molar-refractivity contribution is 5.99. The molecule has 7 heteroatoms. The van der Waals surface area contributed by atoms with Gasteiger partial charge in [0.15, 0.2) is 0 Å². The first kappa shape index (κ1) is 14.5. The van der Waals surface area contributed by atoms with Crippen LogP contribution in [0.1, 0.15) is 16.2 Å². The van der Waals surface area contributed by atoms with E-state index in [0.717, 1.165) is 16.6 Å². The highest BCUT2D eigenvalue weighted by atomic mass is 16.5. The van der Waals surface area contributed by atoms with Gasteiger partial charge in [0, 0.05) is 24.2 Å². The molecule has 0 aromatic carbocycles. The van der Waals surface area contributed by atoms with Crippen molar-refractivity contribution in [1.29, 1.82) is 0 Å². The topological polar surface area (TPSA) is 87.3 Å². The lowest BCUT2D eigenvalue weighted by Crippen LogP contribution is -2.45. The number of fused-ring (bicyclic) bond motifs is 1. The summed E-state index contributed by atoms with van der Waals surface area (Å²) in [6, 6.07) is 3.67. The number of nitrogens with one attached hydrogen (secondary N) is 2. The average Bonchev–Trinajstić information content (AvgIpc) is 2.96. The number of amides is 2. The molecule has 22 heavy (non-hydrogen) atoms. The summed E-state index contributed by atoms with van der Waals surface area (Å²) in [5, 5.41) is 3.58. The molecular formula is C15H18N4O3. The Labute approximate surface area is 127 Å². The number of H-pyrrole nitrogens is 1. The molecule has 2 aromatic rings. The van der Waals surface area contributed by atoms with Crippen molar-refractivity contribution in [3.63, 3.8) is 0 Å². The molecule has 1 saturated heterocycles. The van der Waals surface area contributed by atoms with Gasteiger partial charge in [-0.2, -0.15) is 0 Å². The van der Waals surface area contributed by atoms with Crippen LogP contribution in [-0.4, -0.2) is 59.5 Å². The highest BCUT2D eigenvalue weighted by Gasteiger charge is 2.18. The predicted octanol–water partition coefficient (Wildman–Crippen LogP) is 0.460. The van der Waals surface area contributed by atoms with Crippen LogP contribution in [0.2, 0.25) is 0 Å². The van der Waals surface area contributed by atoms with E-state index in [-0.39, 0.29) is 18.4 Å². The van der Waals surface area contributed by atoms with Gasteiger partial charge in [0.1, 0.15) is 5.69 Å². The molecule has 1 aliphatic rings. The van der Waals surface area contributed by atoms with Crippen LogP contribution >= 0.6 is 0 Å². The summed E-state index contributed by atoms with van der Waals surface area (Å²) in [6.45, 7) is 4.14. The summed E-state index contributed by atoms with van der Waals surface area (Å²) in [7, 11) is 0. The standard InChI is InChI=1S/C15H18N4O3/c1-10-6-11-7-12(18-13(11)8-16-10)15(21)17-9-14(20)19-2-4-22-5-3-19/h6-8,18H,2-5,9H2,1H3,(H,17,21). The average molecular weight is 302 g/mol. The Bertz CT molecular complexity index is 704. The Balaban J connectivity index is 1.61. The van der Waals surface area contributed by atoms with Crippen LogP contribution in [0.15, 0.2) is 18.3 Å². The SMILES string of the molecule is Cc1cc2cc(C(=O)NCC(=O)N3CCOCC3)[nH]c2cn1. The van der Waals surface area contributed by atoms with Gasteiger partial charge in [-0.05, 0) is 19.1 Å². The van der Waals surface area contributed by atoms with E-state index in [4.69, 9.17) is 4.74 Å². The molecule has 0 aliphatic carbocycles. The number of nitrogens with zero attached hydrogens (tertiary/aromatic N) is 2. The maximum atomic E-state index is 12.1. The molecule has 2 amide bonds. The zero-order valence-corrected chi connectivity index (χ0v) is 12.4. The lowest BCUT2D eigenvalue weighted by atomic mass is 10.2. The molecule has 7 nitrogen and oxygen atoms in total. The van der Waals surface area contributed by atoms with E-state index in [0.29, 0.717) is 32.0 Å². The lowest BCUT2D eigenvalue weighted by molar-refractivity contribution is -0.134. The number of ether oxygens (including phenoxy) is 1. The van der Waals surface area contributed by atoms with Crippen molar-refractivity contribution in [1.82, 2.24) is 20.2 Å². The third-order valence-electron chi connectivity index (χ3n) is 3.65. The van der Waals surface area contributed by atoms with Crippen molar-refractivity contribution in [2.75, 3.05) is 32.8 Å². The Morgan fingerprint density at radius 3 is 2.91 bits per heavy atom. The third kappa shape index (κ3) is 3.09. The van der Waals surface area contributed by atoms with E-state index in [9.17, 15) is 9.59 Å². The smallest absolute Gasteiger partial charge is 0.268 e. The predicted molar refractivity (Wildman–Crippen MR) is 80.6 cm³/mol. The molecule has 0 saturated carbocycles. The minimum atomic E-state index is -0.296. The fourth-order valence-electron chi connectivity index (χ4n) is 2.44. The highest BCUT2D eigenvalue weighted by Crippen LogP contribution is 2.15. The molecule has 3 rings (SSSR count). The number of pyridine rings is 1. The van der Waals surface area contributed by atoms with Crippen molar-refractivity contribution in [2.45, 2.75) is 6.92 Å². The number of hydrogen-bond donors (Lipinski definition) is 2. The number of hydrogen-bond acceptors (Lipinski definition) is 4. The molecule has 2 N–H and O–H groups in total. The Morgan fingerprint density at radius 1 is 1.36 bits per heavy atom. The molecule has 0 radical (unpaired) electrons. The zero-order chi connectivity index (χ0) is 15.5. The molecular weight excluding hydrogens is 284 g/mol. The van der Waals surface area contributed by atoms with Crippen LogP contribution < -0.4 is 5.32 Å². The van der Waals surface area contributed by atoms with E-state index >= 15 is 0 Å². The van der Waals surface area contributed by atoms with Crippen molar-refractivity contribution >= 4 is 22.7 Å². The van der Waals surface area contributed by atoms with Crippen LogP contribution in [0.3, 0.4) is 0 Å². The summed E-state index contributed by atoms with van der Waals surface area (Å²) in [5.74, 6) is -0.388. The number of aromatic nitrogens is 2. The third-order valence-corrected chi connectivity index (χ3v) is 3.65. The van der Waals surface area contributed by atoms with Gasteiger partial charge < -0.3 is 19.9 Å². The van der Waals surface area contributed by atoms with Crippen molar-refractivity contribution < 1.29 is 14.3 Å². The first-order chi connectivity index (χ1) is 10.6. The summed E-state index contributed by atoms with van der Waals surface area (Å²) in [5.41, 5.74) is 2.12. The Kier molecular flexibility index (Phi) is 4.06. The van der Waals surface area contributed by atoms with Gasteiger partial charge in [-0.15, -0.1) is 0 Å². The van der Waals surface area contributed by atoms with Gasteiger partial charge in [0.05, 0.1) is 31.5 Å². The molecule has 0 atom stereocenters. The molecule has 1 aliphatic heterocycles. The van der Waals surface area contributed by atoms with Gasteiger partial charge in [-0.25, -0.2) is 0 Å². The number of carbonyl (C=O) groups is 2. The maximum Gasteiger partial charge on any atom is 0.268 e. The summed E-state index contributed by atoms with van der Waals surface area (Å²) in [4.78, 5) is 33.0. The van der Waals surface area contributed by atoms with Crippen LogP contribution in [0.25, 0.3) is 10.9 Å². The minimum Gasteiger partial charge on any atom is -0.378 e. The normalized spacial score (nSPS) is 15.0. The van der Waals surface area contributed by atoms with Gasteiger partial charge in [-0.3, -0.25) is 14.6 Å². The second kappa shape index (κ2) is 6.15. The maximum absolute atomic E-state index is 12.1. The number of carbonyl (C=O) groups excluding carboxylic acids is 2. The van der Waals surface area contributed by atoms with Gasteiger partial charge in [-0.1, -0.05) is 0 Å². The van der Waals surface area contributed by atoms with Crippen molar-refractivity contribution in [3.8, 4) is 0 Å². The molecule has 0 spiro atoms. The summed E-state index contributed by atoms with van der Waals surface area (Å²) in [6.07, 6.45) is 1.69. The number of rotatable bonds is 3. The van der Waals surface area contributed by atoms with Gasteiger partial charge in [0.2, 0.25) is 5.91 Å². The fourth-order valence-corrected chi connectivity index (χ4v) is 2.44. The molecule has 0 unspecified atom stereocenters. The van der Waals surface area contributed by atoms with Crippen molar-refractivity contribution in [2.24, 2.45) is 0 Å². The molecule has 0 bridgehead atoms. The lowest BCUT2D eigenvalue weighted by Gasteiger charge is -2.26. The largest absolute Gasteiger partial charge is 0.378 e. The first-order valence-electron chi connectivity index (χ1n) is 7.22. The van der Waals surface area contributed by atoms with E-state index in [1.807, 2.05) is 13.0 Å². The molecule has 2 aromatic heterocycles. The molecule has 1 fully saturated rings. The van der Waals surface area contributed by atoms with Crippen LogP contribution in [-0.2, 0) is 9.53 Å². The second-order valence-electron chi connectivity index (χ2n) is 5.27. The second-order valence-corrected chi connectivity index (χ2v) is 5.27. The van der Waals surface area contributed by atoms with Crippen LogP contribution in [0.5, 0.6) is 0 Å². The number of morpholine rings is 1. The summed E-state index contributed by atoms with van der Waals surface area (Å²) >= 11 is 0. The van der Waals surface area contributed by atoms with E-state index in [2.05, 4.69) is 15.3 Å². The number of aryl methyl sites for hydroxylation is 1. The zero-order valence-electron chi connectivity index (χ0n) is 12.4. The molecule has 3 heterocycles. The monoisotopic (exact) mass is 302 g/mol. The minimum absolute atomic E-state index is 0.00846. The van der Waals surface area contributed by atoms with Crippen molar-refractivity contribution in [3.05, 3.63) is 29.7 Å².